The van der Waals surface area contributed by atoms with E-state index in [1.165, 1.54) is 0 Å². The van der Waals surface area contributed by atoms with Gasteiger partial charge in [0.2, 0.25) is 11.8 Å². The predicted molar refractivity (Wildman–Crippen MR) is 85.8 cm³/mol. The second-order valence-corrected chi connectivity index (χ2v) is 5.24. The van der Waals surface area contributed by atoms with Crippen LogP contribution >= 0.6 is 11.6 Å². The lowest BCUT2D eigenvalue weighted by Gasteiger charge is -2.06. The summed E-state index contributed by atoms with van der Waals surface area (Å²) in [6.45, 7) is 1.96. The van der Waals surface area contributed by atoms with Crippen LogP contribution in [0.1, 0.15) is 19.8 Å². The van der Waals surface area contributed by atoms with Gasteiger partial charge < -0.3 is 9.73 Å². The van der Waals surface area contributed by atoms with E-state index in [1.807, 2.05) is 6.92 Å². The molecule has 0 aliphatic carbocycles. The highest BCUT2D eigenvalue weighted by Gasteiger charge is 2.13. The number of rotatable bonds is 4. The molecule has 3 aromatic rings. The van der Waals surface area contributed by atoms with Gasteiger partial charge in [0.05, 0.1) is 10.6 Å². The molecule has 112 valence electrons. The average Bonchev–Trinajstić information content (AvgIpc) is 2.91. The van der Waals surface area contributed by atoms with Crippen LogP contribution in [0.15, 0.2) is 40.9 Å². The van der Waals surface area contributed by atoms with E-state index in [2.05, 4.69) is 15.3 Å². The Morgan fingerprint density at radius 1 is 1.36 bits per heavy atom. The third-order valence-corrected chi connectivity index (χ3v) is 3.44. The Kier molecular flexibility index (Phi) is 4.06. The minimum atomic E-state index is -0.0302. The number of benzene rings is 1. The smallest absolute Gasteiger partial charge is 0.230 e. The molecule has 22 heavy (non-hydrogen) atoms. The molecule has 0 bridgehead atoms. The van der Waals surface area contributed by atoms with Crippen molar-refractivity contribution in [3.05, 3.63) is 41.6 Å². The van der Waals surface area contributed by atoms with E-state index >= 15 is 0 Å². The first kappa shape index (κ1) is 14.5. The van der Waals surface area contributed by atoms with Gasteiger partial charge in [0.25, 0.3) is 0 Å². The van der Waals surface area contributed by atoms with Gasteiger partial charge in [0.1, 0.15) is 0 Å². The zero-order valence-corrected chi connectivity index (χ0v) is 12.7. The van der Waals surface area contributed by atoms with Crippen LogP contribution in [0.3, 0.4) is 0 Å². The molecule has 1 amide bonds. The number of hydrogen-bond acceptors (Lipinski definition) is 4. The number of nitrogens with zero attached hydrogens (tertiary/aromatic N) is 2. The molecule has 5 nitrogen and oxygen atoms in total. The molecule has 0 unspecified atom stereocenters. The molecule has 0 saturated heterocycles. The molecule has 1 N–H and O–H groups in total. The minimum absolute atomic E-state index is 0.0302. The van der Waals surface area contributed by atoms with Gasteiger partial charge in [0.15, 0.2) is 11.2 Å². The van der Waals surface area contributed by atoms with E-state index in [4.69, 9.17) is 16.0 Å². The molecular weight excluding hydrogens is 302 g/mol. The van der Waals surface area contributed by atoms with Crippen molar-refractivity contribution in [1.82, 2.24) is 9.97 Å². The highest BCUT2D eigenvalue weighted by molar-refractivity contribution is 6.33. The highest BCUT2D eigenvalue weighted by Crippen LogP contribution is 2.31. The van der Waals surface area contributed by atoms with E-state index in [0.29, 0.717) is 39.8 Å². The number of nitrogens with one attached hydrogen (secondary N) is 1. The molecular formula is C16H14ClN3O2. The Morgan fingerprint density at radius 2 is 2.23 bits per heavy atom. The van der Waals surface area contributed by atoms with Crippen molar-refractivity contribution < 1.29 is 9.21 Å². The number of carbonyl (C=O) groups excluding carboxylic acids is 1. The van der Waals surface area contributed by atoms with E-state index in [9.17, 15) is 4.79 Å². The summed E-state index contributed by atoms with van der Waals surface area (Å²) in [6.07, 6.45) is 2.94. The van der Waals surface area contributed by atoms with E-state index < -0.39 is 0 Å². The molecule has 1 aromatic carbocycles. The third kappa shape index (κ3) is 2.94. The van der Waals surface area contributed by atoms with Crippen molar-refractivity contribution in [2.45, 2.75) is 19.8 Å². The summed E-state index contributed by atoms with van der Waals surface area (Å²) >= 11 is 6.28. The molecule has 6 heteroatoms. The summed E-state index contributed by atoms with van der Waals surface area (Å²) in [4.78, 5) is 20.0. The molecule has 0 atom stereocenters. The monoisotopic (exact) mass is 315 g/mol. The molecule has 0 radical (unpaired) electrons. The van der Waals surface area contributed by atoms with Crippen LogP contribution in [0.4, 0.5) is 5.69 Å². The lowest BCUT2D eigenvalue weighted by molar-refractivity contribution is -0.116. The zero-order valence-electron chi connectivity index (χ0n) is 12.0. The Labute approximate surface area is 132 Å². The van der Waals surface area contributed by atoms with Gasteiger partial charge in [-0.05, 0) is 36.8 Å². The second-order valence-electron chi connectivity index (χ2n) is 4.84. The quantitative estimate of drug-likeness (QED) is 0.780. The Morgan fingerprint density at radius 3 is 2.95 bits per heavy atom. The van der Waals surface area contributed by atoms with Gasteiger partial charge in [0, 0.05) is 18.3 Å². The normalized spacial score (nSPS) is 10.8. The Balaban J connectivity index is 1.90. The highest BCUT2D eigenvalue weighted by atomic mass is 35.5. The Bertz CT molecular complexity index is 796. The van der Waals surface area contributed by atoms with Gasteiger partial charge in [-0.1, -0.05) is 18.5 Å². The van der Waals surface area contributed by atoms with Crippen LogP contribution in [0.25, 0.3) is 22.7 Å². The standard InChI is InChI=1S/C16H14ClN3O2/c1-2-4-14(21)19-10-6-7-11(12(17)9-10)16-20-15-13(22-16)5-3-8-18-15/h3,5-9H,2,4H2,1H3,(H,19,21). The first-order chi connectivity index (χ1) is 10.7. The van der Waals surface area contributed by atoms with Crippen LogP contribution in [0.2, 0.25) is 5.02 Å². The molecule has 0 aliphatic heterocycles. The number of hydrogen-bond donors (Lipinski definition) is 1. The second kappa shape index (κ2) is 6.15. The molecule has 3 rings (SSSR count). The van der Waals surface area contributed by atoms with Crippen molar-refractivity contribution >= 4 is 34.4 Å². The van der Waals surface area contributed by atoms with E-state index in [1.54, 1.807) is 36.5 Å². The number of aromatic nitrogens is 2. The third-order valence-electron chi connectivity index (χ3n) is 3.13. The number of anilines is 1. The first-order valence-corrected chi connectivity index (χ1v) is 7.36. The first-order valence-electron chi connectivity index (χ1n) is 6.98. The number of carbonyl (C=O) groups is 1. The largest absolute Gasteiger partial charge is 0.434 e. The maximum Gasteiger partial charge on any atom is 0.230 e. The van der Waals surface area contributed by atoms with Gasteiger partial charge in [-0.2, -0.15) is 4.98 Å². The summed E-state index contributed by atoms with van der Waals surface area (Å²) in [6, 6.07) is 8.82. The molecule has 2 heterocycles. The van der Waals surface area contributed by atoms with Crippen molar-refractivity contribution in [3.63, 3.8) is 0 Å². The topological polar surface area (TPSA) is 68.0 Å². The lowest BCUT2D eigenvalue weighted by atomic mass is 10.2. The number of oxazole rings is 1. The fraction of sp³-hybridized carbons (Fsp3) is 0.188. The Hall–Kier alpha value is -2.40. The van der Waals surface area contributed by atoms with E-state index in [0.717, 1.165) is 6.42 Å². The van der Waals surface area contributed by atoms with Gasteiger partial charge in [-0.25, -0.2) is 4.98 Å². The maximum atomic E-state index is 11.6. The molecule has 0 aliphatic rings. The van der Waals surface area contributed by atoms with Crippen molar-refractivity contribution in [3.8, 4) is 11.5 Å². The number of amides is 1. The van der Waals surface area contributed by atoms with Gasteiger partial charge >= 0.3 is 0 Å². The van der Waals surface area contributed by atoms with Gasteiger partial charge in [-0.3, -0.25) is 4.79 Å². The summed E-state index contributed by atoms with van der Waals surface area (Å²) in [7, 11) is 0. The minimum Gasteiger partial charge on any atom is -0.434 e. The van der Waals surface area contributed by atoms with Gasteiger partial charge in [-0.15, -0.1) is 0 Å². The number of fused-ring (bicyclic) bond motifs is 1. The number of pyridine rings is 1. The zero-order chi connectivity index (χ0) is 15.5. The summed E-state index contributed by atoms with van der Waals surface area (Å²) in [5.41, 5.74) is 2.46. The average molecular weight is 316 g/mol. The summed E-state index contributed by atoms with van der Waals surface area (Å²) < 4.78 is 5.65. The van der Waals surface area contributed by atoms with E-state index in [-0.39, 0.29) is 5.91 Å². The number of halogens is 1. The fourth-order valence-corrected chi connectivity index (χ4v) is 2.36. The molecule has 0 saturated carbocycles. The van der Waals surface area contributed by atoms with Crippen LogP contribution in [-0.4, -0.2) is 15.9 Å². The fourth-order valence-electron chi connectivity index (χ4n) is 2.10. The van der Waals surface area contributed by atoms with Crippen molar-refractivity contribution in [2.75, 3.05) is 5.32 Å². The molecule has 2 aromatic heterocycles. The lowest BCUT2D eigenvalue weighted by Crippen LogP contribution is -2.10. The maximum absolute atomic E-state index is 11.6. The molecule has 0 fully saturated rings. The van der Waals surface area contributed by atoms with Crippen molar-refractivity contribution in [2.24, 2.45) is 0 Å². The summed E-state index contributed by atoms with van der Waals surface area (Å²) in [5.74, 6) is 0.377. The van der Waals surface area contributed by atoms with Crippen LogP contribution in [0, 0.1) is 0 Å². The van der Waals surface area contributed by atoms with Crippen molar-refractivity contribution in [1.29, 1.82) is 0 Å². The van der Waals surface area contributed by atoms with Crippen LogP contribution in [-0.2, 0) is 4.79 Å². The van der Waals surface area contributed by atoms with Crippen LogP contribution < -0.4 is 5.32 Å². The summed E-state index contributed by atoms with van der Waals surface area (Å²) in [5, 5.41) is 3.26. The SMILES string of the molecule is CCCC(=O)Nc1ccc(-c2nc3ncccc3o2)c(Cl)c1. The molecule has 0 spiro atoms. The predicted octanol–water partition coefficient (Wildman–Crippen LogP) is 4.28. The van der Waals surface area contributed by atoms with Crippen LogP contribution in [0.5, 0.6) is 0 Å².